The molecule has 0 aliphatic carbocycles. The summed E-state index contributed by atoms with van der Waals surface area (Å²) >= 11 is 0. The van der Waals surface area contributed by atoms with Gasteiger partial charge in [0.15, 0.2) is 0 Å². The Kier molecular flexibility index (Phi) is 4.32. The third-order valence-corrected chi connectivity index (χ3v) is 3.44. The van der Waals surface area contributed by atoms with E-state index in [1.54, 1.807) is 6.20 Å². The molecular formula is C18H19N3. The highest BCUT2D eigenvalue weighted by Crippen LogP contribution is 2.11. The smallest absolute Gasteiger partial charge is 0.0659 e. The molecule has 3 rings (SSSR count). The Morgan fingerprint density at radius 2 is 1.67 bits per heavy atom. The van der Waals surface area contributed by atoms with Gasteiger partial charge < -0.3 is 5.32 Å². The summed E-state index contributed by atoms with van der Waals surface area (Å²) in [4.78, 5) is 0. The lowest BCUT2D eigenvalue weighted by Gasteiger charge is -2.08. The highest BCUT2D eigenvalue weighted by atomic mass is 15.3. The molecule has 3 heteroatoms. The van der Waals surface area contributed by atoms with Gasteiger partial charge in [0, 0.05) is 24.6 Å². The highest BCUT2D eigenvalue weighted by Gasteiger charge is 1.97. The van der Waals surface area contributed by atoms with Gasteiger partial charge in [-0.15, -0.1) is 0 Å². The molecule has 106 valence electrons. The molecule has 0 bridgehead atoms. The molecule has 1 heterocycles. The normalized spacial score (nSPS) is 10.5. The quantitative estimate of drug-likeness (QED) is 0.746. The van der Waals surface area contributed by atoms with E-state index >= 15 is 0 Å². The summed E-state index contributed by atoms with van der Waals surface area (Å²) in [6, 6.07) is 21.0. The van der Waals surface area contributed by atoms with Crippen LogP contribution < -0.4 is 5.32 Å². The maximum atomic E-state index is 4.22. The molecule has 0 aliphatic heterocycles. The van der Waals surface area contributed by atoms with Gasteiger partial charge in [0.1, 0.15) is 0 Å². The van der Waals surface area contributed by atoms with Crippen molar-refractivity contribution >= 4 is 5.69 Å². The monoisotopic (exact) mass is 277 g/mol. The summed E-state index contributed by atoms with van der Waals surface area (Å²) in [7, 11) is 0. The number of nitrogens with one attached hydrogen (secondary N) is 1. The van der Waals surface area contributed by atoms with E-state index < -0.39 is 0 Å². The Hall–Kier alpha value is -2.55. The predicted molar refractivity (Wildman–Crippen MR) is 86.4 cm³/mol. The van der Waals surface area contributed by atoms with Crippen LogP contribution in [0.2, 0.25) is 0 Å². The zero-order valence-corrected chi connectivity index (χ0v) is 11.9. The molecule has 0 amide bonds. The van der Waals surface area contributed by atoms with Gasteiger partial charge in [0.05, 0.1) is 6.54 Å². The average Bonchev–Trinajstić information content (AvgIpc) is 3.03. The summed E-state index contributed by atoms with van der Waals surface area (Å²) in [5.41, 5.74) is 3.78. The van der Waals surface area contributed by atoms with E-state index in [0.717, 1.165) is 25.2 Å². The summed E-state index contributed by atoms with van der Waals surface area (Å²) < 4.78 is 1.93. The van der Waals surface area contributed by atoms with Gasteiger partial charge in [0.25, 0.3) is 0 Å². The second kappa shape index (κ2) is 6.75. The van der Waals surface area contributed by atoms with E-state index in [1.165, 1.54) is 11.1 Å². The highest BCUT2D eigenvalue weighted by molar-refractivity contribution is 5.44. The Bertz CT molecular complexity index is 643. The molecule has 1 N–H and O–H groups in total. The lowest BCUT2D eigenvalue weighted by atomic mass is 10.1. The third-order valence-electron chi connectivity index (χ3n) is 3.44. The summed E-state index contributed by atoms with van der Waals surface area (Å²) in [6.07, 6.45) is 4.82. The number of rotatable bonds is 6. The van der Waals surface area contributed by atoms with E-state index in [4.69, 9.17) is 0 Å². The standard InChI is InChI=1S/C18H19N3/c1-2-5-16(6-3-1)11-13-19-18-9-7-17(8-10-18)15-21-14-4-12-20-21/h1-10,12,14,19H,11,13,15H2. The first-order chi connectivity index (χ1) is 10.4. The predicted octanol–water partition coefficient (Wildman–Crippen LogP) is 3.59. The molecule has 0 spiro atoms. The minimum atomic E-state index is 0.817. The number of benzene rings is 2. The fourth-order valence-electron chi connectivity index (χ4n) is 2.30. The molecule has 0 fully saturated rings. The van der Waals surface area contributed by atoms with E-state index in [1.807, 2.05) is 16.9 Å². The Morgan fingerprint density at radius 3 is 2.38 bits per heavy atom. The van der Waals surface area contributed by atoms with Crippen LogP contribution in [0.5, 0.6) is 0 Å². The van der Waals surface area contributed by atoms with Crippen molar-refractivity contribution in [1.82, 2.24) is 9.78 Å². The van der Waals surface area contributed by atoms with Gasteiger partial charge in [-0.3, -0.25) is 4.68 Å². The average molecular weight is 277 g/mol. The van der Waals surface area contributed by atoms with Crippen molar-refractivity contribution in [2.24, 2.45) is 0 Å². The molecule has 3 nitrogen and oxygen atoms in total. The molecule has 0 saturated heterocycles. The van der Waals surface area contributed by atoms with E-state index in [-0.39, 0.29) is 0 Å². The van der Waals surface area contributed by atoms with Gasteiger partial charge >= 0.3 is 0 Å². The fraction of sp³-hybridized carbons (Fsp3) is 0.167. The zero-order chi connectivity index (χ0) is 14.3. The third kappa shape index (κ3) is 3.96. The molecule has 0 aliphatic rings. The SMILES string of the molecule is c1ccc(CCNc2ccc(Cn3cccn3)cc2)cc1. The Labute approximate surface area is 125 Å². The van der Waals surface area contributed by atoms with Crippen LogP contribution in [0.3, 0.4) is 0 Å². The zero-order valence-electron chi connectivity index (χ0n) is 11.9. The van der Waals surface area contributed by atoms with Crippen molar-refractivity contribution in [3.05, 3.63) is 84.2 Å². The van der Waals surface area contributed by atoms with E-state index in [2.05, 4.69) is 65.0 Å². The minimum Gasteiger partial charge on any atom is -0.385 e. The van der Waals surface area contributed by atoms with Crippen LogP contribution >= 0.6 is 0 Å². The molecule has 0 saturated carbocycles. The van der Waals surface area contributed by atoms with Gasteiger partial charge in [-0.2, -0.15) is 5.10 Å². The van der Waals surface area contributed by atoms with Crippen molar-refractivity contribution in [2.75, 3.05) is 11.9 Å². The maximum absolute atomic E-state index is 4.22. The Morgan fingerprint density at radius 1 is 0.857 bits per heavy atom. The topological polar surface area (TPSA) is 29.9 Å². The molecule has 3 aromatic rings. The number of hydrogen-bond acceptors (Lipinski definition) is 2. The van der Waals surface area contributed by atoms with Crippen LogP contribution in [-0.4, -0.2) is 16.3 Å². The summed E-state index contributed by atoms with van der Waals surface area (Å²) in [5.74, 6) is 0. The molecule has 2 aromatic carbocycles. The number of nitrogens with zero attached hydrogens (tertiary/aromatic N) is 2. The number of aromatic nitrogens is 2. The first-order valence-electron chi connectivity index (χ1n) is 7.24. The molecular weight excluding hydrogens is 258 g/mol. The van der Waals surface area contributed by atoms with Crippen molar-refractivity contribution in [3.63, 3.8) is 0 Å². The van der Waals surface area contributed by atoms with Crippen LogP contribution in [0.15, 0.2) is 73.1 Å². The van der Waals surface area contributed by atoms with E-state index in [9.17, 15) is 0 Å². The van der Waals surface area contributed by atoms with Gasteiger partial charge in [-0.05, 0) is 35.7 Å². The second-order valence-corrected chi connectivity index (χ2v) is 5.06. The molecule has 0 unspecified atom stereocenters. The molecule has 21 heavy (non-hydrogen) atoms. The van der Waals surface area contributed by atoms with Crippen molar-refractivity contribution < 1.29 is 0 Å². The maximum Gasteiger partial charge on any atom is 0.0659 e. The van der Waals surface area contributed by atoms with Crippen LogP contribution in [0.4, 0.5) is 5.69 Å². The largest absolute Gasteiger partial charge is 0.385 e. The van der Waals surface area contributed by atoms with Crippen LogP contribution in [0, 0.1) is 0 Å². The molecule has 0 radical (unpaired) electrons. The van der Waals surface area contributed by atoms with Crippen molar-refractivity contribution in [2.45, 2.75) is 13.0 Å². The van der Waals surface area contributed by atoms with Gasteiger partial charge in [0.2, 0.25) is 0 Å². The van der Waals surface area contributed by atoms with Gasteiger partial charge in [-0.25, -0.2) is 0 Å². The summed E-state index contributed by atoms with van der Waals surface area (Å²) in [6.45, 7) is 1.76. The second-order valence-electron chi connectivity index (χ2n) is 5.06. The molecule has 1 aromatic heterocycles. The number of hydrogen-bond donors (Lipinski definition) is 1. The summed E-state index contributed by atoms with van der Waals surface area (Å²) in [5, 5.41) is 7.67. The van der Waals surface area contributed by atoms with E-state index in [0.29, 0.717) is 0 Å². The Balaban J connectivity index is 1.50. The van der Waals surface area contributed by atoms with Gasteiger partial charge in [-0.1, -0.05) is 42.5 Å². The lowest BCUT2D eigenvalue weighted by Crippen LogP contribution is -2.05. The van der Waals surface area contributed by atoms with Crippen LogP contribution in [0.1, 0.15) is 11.1 Å². The lowest BCUT2D eigenvalue weighted by molar-refractivity contribution is 0.687. The minimum absolute atomic E-state index is 0.817. The first kappa shape index (κ1) is 13.4. The van der Waals surface area contributed by atoms with Crippen LogP contribution in [0.25, 0.3) is 0 Å². The van der Waals surface area contributed by atoms with Crippen molar-refractivity contribution in [1.29, 1.82) is 0 Å². The van der Waals surface area contributed by atoms with Crippen LogP contribution in [-0.2, 0) is 13.0 Å². The van der Waals surface area contributed by atoms with Crippen molar-refractivity contribution in [3.8, 4) is 0 Å². The fourth-order valence-corrected chi connectivity index (χ4v) is 2.30. The number of anilines is 1. The molecule has 0 atom stereocenters. The first-order valence-corrected chi connectivity index (χ1v) is 7.24.